The summed E-state index contributed by atoms with van der Waals surface area (Å²) in [7, 11) is 0. The second-order valence-electron chi connectivity index (χ2n) is 2.06. The predicted octanol–water partition coefficient (Wildman–Crippen LogP) is 2.04. The summed E-state index contributed by atoms with van der Waals surface area (Å²) in [5.74, 6) is -2.07. The van der Waals surface area contributed by atoms with Crippen molar-refractivity contribution in [2.24, 2.45) is 5.41 Å². The van der Waals surface area contributed by atoms with Crippen LogP contribution in [0.3, 0.4) is 0 Å². The van der Waals surface area contributed by atoms with Gasteiger partial charge in [0.2, 0.25) is 0 Å². The molecule has 58 valence electrons. The molecule has 0 atom stereocenters. The maximum absolute atomic E-state index is 11.4. The Kier molecular flexibility index (Phi) is 0.467. The molecule has 0 heterocycles. The fraction of sp³-hybridized carbons (Fsp3) is 0.875. The van der Waals surface area contributed by atoms with E-state index in [2.05, 4.69) is 0 Å². The van der Waals surface area contributed by atoms with Crippen LogP contribution in [0.2, 0.25) is 0 Å². The average Bonchev–Trinajstić information content (AvgIpc) is 2.24. The Hall–Kier alpha value is -0.530. The summed E-state index contributed by atoms with van der Waals surface area (Å²) in [6.45, 7) is 0.556. The molecule has 0 aliphatic heterocycles. The van der Waals surface area contributed by atoms with E-state index < -0.39 is 43.2 Å². The lowest BCUT2D eigenvalue weighted by atomic mass is 9.76. The van der Waals surface area contributed by atoms with Crippen LogP contribution in [-0.2, 0) is 4.79 Å². The maximum Gasteiger partial charge on any atom is 0.309 e. The first-order valence-electron chi connectivity index (χ1n) is 7.68. The summed E-state index contributed by atoms with van der Waals surface area (Å²) >= 11 is 0. The Morgan fingerprint density at radius 3 is 2.40 bits per heavy atom. The zero-order chi connectivity index (χ0) is 16.6. The molecule has 1 aliphatic rings. The molecule has 0 radical (unpaired) electrons. The molecule has 0 amide bonds. The summed E-state index contributed by atoms with van der Waals surface area (Å²) in [5, 5.41) is 9.17. The van der Waals surface area contributed by atoms with E-state index >= 15 is 0 Å². The van der Waals surface area contributed by atoms with E-state index in [0.29, 0.717) is 6.92 Å². The number of aliphatic carboxylic acids is 1. The second-order valence-corrected chi connectivity index (χ2v) is 2.06. The quantitative estimate of drug-likeness (QED) is 0.624. The molecule has 0 aromatic carbocycles. The smallest absolute Gasteiger partial charge is 0.309 e. The third-order valence-corrected chi connectivity index (χ3v) is 1.18. The summed E-state index contributed by atoms with van der Waals surface area (Å²) in [5.41, 5.74) is -3.11. The van der Waals surface area contributed by atoms with E-state index in [9.17, 15) is 4.79 Å². The number of carbonyl (C=O) groups is 1. The van der Waals surface area contributed by atoms with Gasteiger partial charge in [-0.1, -0.05) is 19.1 Å². The third kappa shape index (κ3) is 1.31. The Balaban J connectivity index is 3.88. The van der Waals surface area contributed by atoms with Crippen LogP contribution < -0.4 is 0 Å². The van der Waals surface area contributed by atoms with Gasteiger partial charge in [0.05, 0.1) is 5.41 Å². The van der Waals surface area contributed by atoms with Gasteiger partial charge in [-0.3, -0.25) is 4.79 Å². The van der Waals surface area contributed by atoms with Gasteiger partial charge < -0.3 is 5.11 Å². The minimum Gasteiger partial charge on any atom is -0.481 e. The summed E-state index contributed by atoms with van der Waals surface area (Å²) < 4.78 is 75.9. The minimum absolute atomic E-state index is 0.556. The number of carboxylic acid groups (broad SMARTS) is 1. The van der Waals surface area contributed by atoms with Crippen molar-refractivity contribution in [2.75, 3.05) is 0 Å². The van der Waals surface area contributed by atoms with E-state index in [4.69, 9.17) is 18.8 Å². The van der Waals surface area contributed by atoms with Gasteiger partial charge in [-0.05, 0) is 19.7 Å². The largest absolute Gasteiger partial charge is 0.481 e. The van der Waals surface area contributed by atoms with Crippen molar-refractivity contribution in [3.63, 3.8) is 0 Å². The van der Waals surface area contributed by atoms with Gasteiger partial charge in [-0.15, -0.1) is 0 Å². The molecule has 1 aliphatic carbocycles. The highest BCUT2D eigenvalue weighted by molar-refractivity contribution is 5.74. The fourth-order valence-electron chi connectivity index (χ4n) is 0.482. The molecule has 0 aromatic rings. The van der Waals surface area contributed by atoms with Crippen LogP contribution in [0.4, 0.5) is 0 Å². The summed E-state index contributed by atoms with van der Waals surface area (Å²) in [4.78, 5) is 11.4. The van der Waals surface area contributed by atoms with Crippen molar-refractivity contribution in [1.82, 2.24) is 0 Å². The van der Waals surface area contributed by atoms with Crippen LogP contribution in [0.15, 0.2) is 0 Å². The van der Waals surface area contributed by atoms with E-state index in [1.54, 1.807) is 0 Å². The summed E-state index contributed by atoms with van der Waals surface area (Å²) in [6.07, 6.45) is -17.6. The lowest BCUT2D eigenvalue weighted by Crippen LogP contribution is -2.29. The Labute approximate surface area is 75.3 Å². The lowest BCUT2D eigenvalue weighted by Gasteiger charge is -2.28. The highest BCUT2D eigenvalue weighted by atomic mass is 16.4. The molecular formula is C8H14O2. The van der Waals surface area contributed by atoms with Gasteiger partial charge in [-0.25, -0.2) is 0 Å². The molecule has 10 heavy (non-hydrogen) atoms. The van der Waals surface area contributed by atoms with E-state index in [-0.39, 0.29) is 0 Å². The van der Waals surface area contributed by atoms with Crippen LogP contribution >= 0.6 is 0 Å². The highest BCUT2D eigenvalue weighted by Crippen LogP contribution is 2.35. The van der Waals surface area contributed by atoms with Crippen molar-refractivity contribution in [2.45, 2.75) is 38.8 Å². The minimum atomic E-state index is -3.57. The molecule has 2 heteroatoms. The lowest BCUT2D eigenvalue weighted by molar-refractivity contribution is -0.149. The van der Waals surface area contributed by atoms with Crippen molar-refractivity contribution in [3.8, 4) is 0 Å². The van der Waals surface area contributed by atoms with E-state index in [1.807, 2.05) is 0 Å². The molecule has 1 N–H and O–H groups in total. The molecule has 0 bridgehead atoms. The number of hydrogen-bond acceptors (Lipinski definition) is 1. The molecular weight excluding hydrogens is 128 g/mol. The van der Waals surface area contributed by atoms with Crippen molar-refractivity contribution >= 4 is 5.97 Å². The van der Waals surface area contributed by atoms with Crippen LogP contribution in [0, 0.1) is 5.41 Å². The Morgan fingerprint density at radius 1 is 1.50 bits per heavy atom. The number of carboxylic acids is 1. The van der Waals surface area contributed by atoms with Crippen LogP contribution in [0.1, 0.15) is 52.5 Å². The number of rotatable bonds is 1. The molecule has 0 unspecified atom stereocenters. The predicted molar refractivity (Wildman–Crippen MR) is 38.8 cm³/mol. The molecule has 0 saturated heterocycles. The topological polar surface area (TPSA) is 37.3 Å². The van der Waals surface area contributed by atoms with Gasteiger partial charge >= 0.3 is 5.97 Å². The molecule has 1 rings (SSSR count). The van der Waals surface area contributed by atoms with Gasteiger partial charge in [0, 0.05) is 13.7 Å². The Bertz CT molecular complexity index is 424. The van der Waals surface area contributed by atoms with Crippen molar-refractivity contribution < 1.29 is 23.6 Å². The van der Waals surface area contributed by atoms with Crippen LogP contribution in [-0.4, -0.2) is 11.1 Å². The Morgan fingerprint density at radius 2 is 2.00 bits per heavy atom. The first-order valence-corrected chi connectivity index (χ1v) is 2.68. The normalized spacial score (nSPS) is 64.1. The first kappa shape index (κ1) is 1.79. The van der Waals surface area contributed by atoms with E-state index in [1.165, 1.54) is 0 Å². The zero-order valence-electron chi connectivity index (χ0n) is 15.4. The molecule has 1 saturated carbocycles. The fourth-order valence-corrected chi connectivity index (χ4v) is 0.482. The molecule has 1 fully saturated rings. The van der Waals surface area contributed by atoms with E-state index in [0.717, 1.165) is 0 Å². The van der Waals surface area contributed by atoms with Crippen molar-refractivity contribution in [3.05, 3.63) is 0 Å². The molecule has 2 nitrogen and oxygen atoms in total. The highest BCUT2D eigenvalue weighted by Gasteiger charge is 2.33. The monoisotopic (exact) mass is 152 g/mol. The average molecular weight is 152 g/mol. The van der Waals surface area contributed by atoms with Gasteiger partial charge in [0.15, 0.2) is 0 Å². The van der Waals surface area contributed by atoms with Gasteiger partial charge in [-0.2, -0.15) is 0 Å². The first-order chi connectivity index (χ1) is 8.44. The van der Waals surface area contributed by atoms with Gasteiger partial charge in [0.1, 0.15) is 0 Å². The van der Waals surface area contributed by atoms with Crippen molar-refractivity contribution in [1.29, 1.82) is 0 Å². The third-order valence-electron chi connectivity index (χ3n) is 1.18. The SMILES string of the molecule is [2H]C1([2H])C([2H])([2H])C([2H])([2H])C(C)(C(=O)O)C([2H])([2H])C1([2H])[2H]. The van der Waals surface area contributed by atoms with Gasteiger partial charge in [0.25, 0.3) is 0 Å². The van der Waals surface area contributed by atoms with Crippen LogP contribution in [0.25, 0.3) is 0 Å². The number of hydrogen-bond donors (Lipinski definition) is 1. The zero-order valence-corrected chi connectivity index (χ0v) is 5.36. The maximum atomic E-state index is 11.4. The summed E-state index contributed by atoms with van der Waals surface area (Å²) in [6, 6.07) is 0. The molecule has 0 aromatic heterocycles. The second kappa shape index (κ2) is 2.60. The molecule has 0 spiro atoms. The standard InChI is InChI=1S/C8H14O2/c1-8(7(9)10)5-3-2-4-6-8/h2-6H2,1H3,(H,9,10)/i2D2,3D2,4D2,5D2,6D2. The van der Waals surface area contributed by atoms with Crippen LogP contribution in [0.5, 0.6) is 0 Å².